The number of aromatic nitrogens is 10. The molecule has 5 aliphatic rings. The smallest absolute Gasteiger partial charge is 0.762 e. The molecule has 22 heteroatoms. The molecule has 546 valence electrons. The van der Waals surface area contributed by atoms with Crippen molar-refractivity contribution >= 4 is 41.4 Å². The first-order chi connectivity index (χ1) is 51.3. The zero-order chi connectivity index (χ0) is 74.7. The van der Waals surface area contributed by atoms with Crippen molar-refractivity contribution in [2.24, 2.45) is 17.0 Å². The molecule has 107 heavy (non-hydrogen) atoms. The fourth-order valence-electron chi connectivity index (χ4n) is 14.9. The van der Waals surface area contributed by atoms with Crippen LogP contribution in [0.2, 0.25) is 0 Å². The Balaban J connectivity index is 0.000000145. The lowest BCUT2D eigenvalue weighted by Crippen LogP contribution is -3.00. The Kier molecular flexibility index (Phi) is 24.4. The zero-order valence-electron chi connectivity index (χ0n) is 61.5. The van der Waals surface area contributed by atoms with Gasteiger partial charge in [0.1, 0.15) is 17.1 Å². The Hall–Kier alpha value is -11.9. The maximum absolute atomic E-state index is 14.1. The summed E-state index contributed by atoms with van der Waals surface area (Å²) in [5, 5.41) is 43.5. The molecular formula is C85H85BF4N12O5. The van der Waals surface area contributed by atoms with Crippen LogP contribution in [-0.2, 0) is 45.6 Å². The standard InChI is InChI=1S/2C28H28N4O.C20H22N3.C9H7NO3.BF3.FH/c2*1-19-10-9-11-20(2)26(19)32-28(27(33)23-14-7-8-15-24(23)29-3)31-22(16-17-25(31)30-32)18-21-12-5-4-6-13-21;1-15-7-6-8-16(2)20(15)23-14-22-18(11-12-19(22)21-23)13-17-9-4-3-5-10-17;1-10-7-5-3-2-4-6(7)8(11)13-9(10)12;2-1(3)4;/h2*4-15,22H,16-18H2,1-3H3;3-10,14,18H,11-13H2,1-2H3;2-5H,1H3;;1H/q;;+1;;;/p-1. The highest BCUT2D eigenvalue weighted by Crippen LogP contribution is 2.33. The summed E-state index contributed by atoms with van der Waals surface area (Å²) in [4.78, 5) is 30.9. The van der Waals surface area contributed by atoms with Crippen molar-refractivity contribution in [2.45, 2.75) is 117 Å². The zero-order valence-corrected chi connectivity index (χ0v) is 61.5. The lowest BCUT2D eigenvalue weighted by molar-refractivity contribution is -0.721. The summed E-state index contributed by atoms with van der Waals surface area (Å²) in [5.41, 5.74) is 16.6. The SMILES string of the molecule is CN=C1C=CC=C/C1=C(/[O-])c1n(-c2c(C)cccc2C)nc2[n+]1C(Cc1ccccc1)CC2.CN=C1C=CC=CC1=C([O-])c1n(-c2c(C)cccc2C)nc2[n+]1C(Cc1ccccc1)CC2.Cc1cccc(C)c1-n1c[n+]2c(n1)CCC2Cc1ccccc1.Cn1c(=O)oc(=O)c2ccccc21.FB(F)F.[F-]. The molecule has 16 rings (SSSR count). The van der Waals surface area contributed by atoms with Crippen molar-refractivity contribution in [1.29, 1.82) is 0 Å². The lowest BCUT2D eigenvalue weighted by atomic mass is 10.0. The summed E-state index contributed by atoms with van der Waals surface area (Å²) >= 11 is 0. The first-order valence-corrected chi connectivity index (χ1v) is 35.7. The topological polar surface area (TPSA) is 188 Å². The van der Waals surface area contributed by atoms with Crippen molar-refractivity contribution in [1.82, 2.24) is 33.9 Å². The molecule has 0 saturated heterocycles. The van der Waals surface area contributed by atoms with Crippen molar-refractivity contribution in [2.75, 3.05) is 14.1 Å². The van der Waals surface area contributed by atoms with Crippen LogP contribution in [0.15, 0.2) is 260 Å². The molecular weight excluding hydrogens is 1360 g/mol. The number of benzene rings is 7. The fourth-order valence-corrected chi connectivity index (χ4v) is 14.9. The maximum atomic E-state index is 14.1. The van der Waals surface area contributed by atoms with Gasteiger partial charge in [-0.3, -0.25) is 27.5 Å². The monoisotopic (exact) mass is 1440 g/mol. The molecule has 3 unspecified atom stereocenters. The second kappa shape index (κ2) is 34.3. The van der Waals surface area contributed by atoms with Gasteiger partial charge in [0.25, 0.3) is 29.1 Å². The van der Waals surface area contributed by atoms with E-state index in [1.165, 1.54) is 50.3 Å². The lowest BCUT2D eigenvalue weighted by Gasteiger charge is -2.20. The Morgan fingerprint density at radius 3 is 1.28 bits per heavy atom. The predicted octanol–water partition coefficient (Wildman–Crippen LogP) is 9.43. The van der Waals surface area contributed by atoms with Crippen LogP contribution in [0, 0.1) is 41.5 Å². The predicted molar refractivity (Wildman–Crippen MR) is 406 cm³/mol. The van der Waals surface area contributed by atoms with Crippen LogP contribution in [0.3, 0.4) is 0 Å². The van der Waals surface area contributed by atoms with Crippen LogP contribution in [0.5, 0.6) is 0 Å². The third kappa shape index (κ3) is 16.8. The molecule has 3 aliphatic heterocycles. The van der Waals surface area contributed by atoms with Crippen molar-refractivity contribution in [3.8, 4) is 17.1 Å². The molecule has 0 spiro atoms. The van der Waals surface area contributed by atoms with Crippen molar-refractivity contribution < 1.29 is 46.0 Å². The largest absolute Gasteiger partial charge is 1.00 e. The van der Waals surface area contributed by atoms with E-state index >= 15 is 0 Å². The summed E-state index contributed by atoms with van der Waals surface area (Å²) in [5.74, 6) is 3.63. The minimum Gasteiger partial charge on any atom is -1.00 e. The minimum absolute atomic E-state index is 0. The highest BCUT2D eigenvalue weighted by atomic mass is 19.4. The van der Waals surface area contributed by atoms with Crippen molar-refractivity contribution in [3.63, 3.8) is 0 Å². The van der Waals surface area contributed by atoms with Gasteiger partial charge in [-0.2, -0.15) is 0 Å². The third-order valence-electron chi connectivity index (χ3n) is 19.9. The quantitative estimate of drug-likeness (QED) is 0.0530. The first kappa shape index (κ1) is 76.2. The van der Waals surface area contributed by atoms with Crippen LogP contribution < -0.4 is 40.0 Å². The molecule has 11 aromatic rings. The van der Waals surface area contributed by atoms with Gasteiger partial charge in [-0.25, -0.2) is 23.3 Å². The van der Waals surface area contributed by atoms with E-state index in [0.29, 0.717) is 51.2 Å². The summed E-state index contributed by atoms with van der Waals surface area (Å²) in [7, 11) is 1.35. The van der Waals surface area contributed by atoms with E-state index < -0.39 is 18.9 Å². The number of halogens is 4. The Morgan fingerprint density at radius 1 is 0.495 bits per heavy atom. The van der Waals surface area contributed by atoms with Gasteiger partial charge in [-0.05, 0) is 158 Å². The van der Waals surface area contributed by atoms with Crippen LogP contribution >= 0.6 is 0 Å². The van der Waals surface area contributed by atoms with Gasteiger partial charge in [-0.15, -0.1) is 0 Å². The van der Waals surface area contributed by atoms with E-state index in [0.717, 1.165) is 96.6 Å². The second-order valence-corrected chi connectivity index (χ2v) is 26.9. The van der Waals surface area contributed by atoms with E-state index in [4.69, 9.17) is 15.3 Å². The number of nitrogens with zero attached hydrogens (tertiary/aromatic N) is 12. The molecule has 2 aliphatic carbocycles. The van der Waals surface area contributed by atoms with Crippen LogP contribution in [0.1, 0.15) is 117 Å². The molecule has 17 nitrogen and oxygen atoms in total. The molecule has 0 radical (unpaired) electrons. The summed E-state index contributed by atoms with van der Waals surface area (Å²) < 4.78 is 47.4. The van der Waals surface area contributed by atoms with Gasteiger partial charge in [0.15, 0.2) is 0 Å². The van der Waals surface area contributed by atoms with E-state index in [1.807, 2.05) is 82.2 Å². The van der Waals surface area contributed by atoms with Gasteiger partial charge in [0.05, 0.1) is 40.5 Å². The average Bonchev–Trinajstić information content (AvgIpc) is 1.60. The van der Waals surface area contributed by atoms with Gasteiger partial charge in [0, 0.05) is 75.0 Å². The molecule has 0 amide bonds. The number of aliphatic imine (C=N–C) groups is 2. The molecule has 7 heterocycles. The van der Waals surface area contributed by atoms with E-state index in [9.17, 15) is 32.7 Å². The minimum atomic E-state index is -3.67. The number of allylic oxidation sites excluding steroid dienone is 10. The van der Waals surface area contributed by atoms with Gasteiger partial charge in [-0.1, -0.05) is 208 Å². The first-order valence-electron chi connectivity index (χ1n) is 35.7. The maximum Gasteiger partial charge on any atom is 0.762 e. The summed E-state index contributed by atoms with van der Waals surface area (Å²) in [6.07, 6.45) is 26.1. The molecule has 0 N–H and O–H groups in total. The number of para-hydroxylation sites is 4. The summed E-state index contributed by atoms with van der Waals surface area (Å²) in [6.45, 7) is 12.6. The van der Waals surface area contributed by atoms with Crippen LogP contribution in [-0.4, -0.2) is 67.0 Å². The van der Waals surface area contributed by atoms with Gasteiger partial charge >= 0.3 is 18.9 Å². The highest BCUT2D eigenvalue weighted by Gasteiger charge is 2.41. The van der Waals surface area contributed by atoms with Gasteiger partial charge in [0.2, 0.25) is 6.33 Å². The molecule has 0 saturated carbocycles. The van der Waals surface area contributed by atoms with E-state index in [-0.39, 0.29) is 28.3 Å². The Labute approximate surface area is 619 Å². The molecule has 0 fully saturated rings. The molecule has 4 aromatic heterocycles. The molecule has 3 atom stereocenters. The third-order valence-corrected chi connectivity index (χ3v) is 19.9. The molecule has 7 aromatic carbocycles. The fraction of sp³-hybridized carbons (Fsp3) is 0.247. The number of hydrogen-bond donors (Lipinski definition) is 0. The second-order valence-electron chi connectivity index (χ2n) is 26.9. The number of aryl methyl sites for hydroxylation is 10. The Bertz CT molecular complexity index is 5170. The summed E-state index contributed by atoms with van der Waals surface area (Å²) in [6, 6.07) is 58.2. The highest BCUT2D eigenvalue weighted by molar-refractivity contribution is 6.33. The van der Waals surface area contributed by atoms with Crippen LogP contribution in [0.25, 0.3) is 39.5 Å². The van der Waals surface area contributed by atoms with E-state index in [1.54, 1.807) is 45.4 Å². The number of rotatable bonds is 11. The Morgan fingerprint density at radius 2 is 0.860 bits per heavy atom. The van der Waals surface area contributed by atoms with E-state index in [2.05, 4.69) is 202 Å². The number of hydrogen-bond acceptors (Lipinski definition) is 10. The van der Waals surface area contributed by atoms with Gasteiger partial charge < -0.3 is 19.3 Å². The molecule has 0 bridgehead atoms. The normalized spacial score (nSPS) is 17.3. The average molecular weight is 1440 g/mol. The van der Waals surface area contributed by atoms with Crippen molar-refractivity contribution in [3.05, 3.63) is 336 Å². The van der Waals surface area contributed by atoms with Crippen LogP contribution in [0.4, 0.5) is 12.9 Å². The number of fused-ring (bicyclic) bond motifs is 4.